The lowest BCUT2D eigenvalue weighted by Gasteiger charge is -2.08. The molecule has 0 radical (unpaired) electrons. The van der Waals surface area contributed by atoms with Crippen molar-refractivity contribution in [3.63, 3.8) is 0 Å². The van der Waals surface area contributed by atoms with Crippen molar-refractivity contribution < 1.29 is 9.47 Å². The zero-order chi connectivity index (χ0) is 14.5. The van der Waals surface area contributed by atoms with Crippen molar-refractivity contribution in [2.75, 3.05) is 13.2 Å². The number of rotatable bonds is 5. The van der Waals surface area contributed by atoms with Crippen molar-refractivity contribution in [3.8, 4) is 11.5 Å². The Balaban J connectivity index is 1.53. The number of para-hydroxylation sites is 1. The summed E-state index contributed by atoms with van der Waals surface area (Å²) in [6, 6.07) is 17.7. The monoisotopic (exact) mass is 343 g/mol. The molecule has 3 rings (SSSR count). The lowest BCUT2D eigenvalue weighted by molar-refractivity contribution is 0.217. The summed E-state index contributed by atoms with van der Waals surface area (Å²) in [5.41, 5.74) is 0.968. The van der Waals surface area contributed by atoms with E-state index in [-0.39, 0.29) is 0 Å². The fourth-order valence-electron chi connectivity index (χ4n) is 1.98. The van der Waals surface area contributed by atoms with Crippen molar-refractivity contribution in [3.05, 3.63) is 65.3 Å². The summed E-state index contributed by atoms with van der Waals surface area (Å²) < 4.78 is 12.3. The van der Waals surface area contributed by atoms with Gasteiger partial charge in [0.05, 0.1) is 11.7 Å². The molecule has 21 heavy (non-hydrogen) atoms. The fraction of sp³-hybridized carbons (Fsp3) is 0.118. The van der Waals surface area contributed by atoms with Crippen molar-refractivity contribution >= 4 is 26.8 Å². The largest absolute Gasteiger partial charge is 0.490 e. The van der Waals surface area contributed by atoms with Gasteiger partial charge in [0.25, 0.3) is 0 Å². The zero-order valence-electron chi connectivity index (χ0n) is 11.3. The Kier molecular flexibility index (Phi) is 4.36. The molecule has 0 N–H and O–H groups in total. The van der Waals surface area contributed by atoms with Crippen LogP contribution in [0, 0.1) is 0 Å². The molecule has 1 heterocycles. The van der Waals surface area contributed by atoms with Crippen LogP contribution in [-0.4, -0.2) is 18.2 Å². The Bertz CT molecular complexity index is 728. The van der Waals surface area contributed by atoms with Crippen LogP contribution in [0.2, 0.25) is 0 Å². The normalized spacial score (nSPS) is 10.5. The molecule has 106 valence electrons. The highest BCUT2D eigenvalue weighted by atomic mass is 79.9. The molecule has 0 saturated carbocycles. The first-order valence-corrected chi connectivity index (χ1v) is 7.46. The van der Waals surface area contributed by atoms with Crippen LogP contribution in [0.3, 0.4) is 0 Å². The Labute approximate surface area is 131 Å². The van der Waals surface area contributed by atoms with Gasteiger partial charge in [-0.3, -0.25) is 4.98 Å². The molecule has 3 aromatic rings. The van der Waals surface area contributed by atoms with E-state index in [1.165, 1.54) is 0 Å². The minimum Gasteiger partial charge on any atom is -0.490 e. The Morgan fingerprint density at radius 1 is 0.857 bits per heavy atom. The second kappa shape index (κ2) is 6.59. The quantitative estimate of drug-likeness (QED) is 0.641. The molecule has 0 aliphatic heterocycles. The maximum Gasteiger partial charge on any atom is 0.138 e. The van der Waals surface area contributed by atoms with E-state index >= 15 is 0 Å². The van der Waals surface area contributed by atoms with Gasteiger partial charge in [-0.05, 0) is 36.4 Å². The van der Waals surface area contributed by atoms with Crippen molar-refractivity contribution in [2.45, 2.75) is 0 Å². The molecular weight excluding hydrogens is 330 g/mol. The minimum absolute atomic E-state index is 0.482. The van der Waals surface area contributed by atoms with Crippen LogP contribution in [0.15, 0.2) is 65.3 Å². The summed E-state index contributed by atoms with van der Waals surface area (Å²) in [6.45, 7) is 0.977. The summed E-state index contributed by atoms with van der Waals surface area (Å²) in [5.74, 6) is 1.59. The fourth-order valence-corrected chi connectivity index (χ4v) is 2.24. The zero-order valence-corrected chi connectivity index (χ0v) is 12.9. The highest BCUT2D eigenvalue weighted by Gasteiger charge is 1.99. The van der Waals surface area contributed by atoms with Gasteiger partial charge in [0.15, 0.2) is 0 Å². The van der Waals surface area contributed by atoms with Crippen LogP contribution in [0.4, 0.5) is 0 Å². The van der Waals surface area contributed by atoms with E-state index in [2.05, 4.69) is 20.9 Å². The van der Waals surface area contributed by atoms with E-state index in [1.807, 2.05) is 54.6 Å². The molecule has 2 aromatic carbocycles. The van der Waals surface area contributed by atoms with Gasteiger partial charge in [-0.2, -0.15) is 0 Å². The number of aromatic nitrogens is 1. The second-order valence-electron chi connectivity index (χ2n) is 4.51. The van der Waals surface area contributed by atoms with Gasteiger partial charge in [-0.15, -0.1) is 0 Å². The molecule has 0 spiro atoms. The smallest absolute Gasteiger partial charge is 0.138 e. The molecule has 4 heteroatoms. The molecule has 0 saturated heterocycles. The van der Waals surface area contributed by atoms with Gasteiger partial charge in [0.2, 0.25) is 0 Å². The van der Waals surface area contributed by atoms with Gasteiger partial charge in [0.1, 0.15) is 24.7 Å². The summed E-state index contributed by atoms with van der Waals surface area (Å²) >= 11 is 3.39. The first kappa shape index (κ1) is 13.9. The van der Waals surface area contributed by atoms with E-state index in [9.17, 15) is 0 Å². The first-order valence-electron chi connectivity index (χ1n) is 6.67. The molecule has 0 aliphatic carbocycles. The predicted octanol–water partition coefficient (Wildman–Crippen LogP) is 4.46. The van der Waals surface area contributed by atoms with E-state index in [0.29, 0.717) is 13.2 Å². The van der Waals surface area contributed by atoms with Crippen LogP contribution in [0.25, 0.3) is 10.9 Å². The van der Waals surface area contributed by atoms with Gasteiger partial charge >= 0.3 is 0 Å². The molecule has 0 aliphatic rings. The Morgan fingerprint density at radius 3 is 2.38 bits per heavy atom. The van der Waals surface area contributed by atoms with E-state index in [0.717, 1.165) is 26.9 Å². The van der Waals surface area contributed by atoms with Gasteiger partial charge in [0, 0.05) is 9.86 Å². The average molecular weight is 344 g/mol. The molecule has 0 amide bonds. The minimum atomic E-state index is 0.482. The Morgan fingerprint density at radius 2 is 1.57 bits per heavy atom. The number of benzene rings is 2. The summed E-state index contributed by atoms with van der Waals surface area (Å²) in [4.78, 5) is 4.36. The third-order valence-corrected chi connectivity index (χ3v) is 3.53. The van der Waals surface area contributed by atoms with Crippen LogP contribution in [-0.2, 0) is 0 Å². The molecule has 1 aromatic heterocycles. The molecule has 0 fully saturated rings. The summed E-state index contributed by atoms with van der Waals surface area (Å²) in [6.07, 6.45) is 1.74. The summed E-state index contributed by atoms with van der Waals surface area (Å²) in [5, 5.41) is 1.07. The van der Waals surface area contributed by atoms with E-state index in [1.54, 1.807) is 6.20 Å². The highest BCUT2D eigenvalue weighted by molar-refractivity contribution is 9.10. The van der Waals surface area contributed by atoms with Crippen LogP contribution >= 0.6 is 15.9 Å². The lowest BCUT2D eigenvalue weighted by Crippen LogP contribution is -2.09. The predicted molar refractivity (Wildman–Crippen MR) is 86.9 cm³/mol. The highest BCUT2D eigenvalue weighted by Crippen LogP contribution is 2.18. The molecule has 0 unspecified atom stereocenters. The topological polar surface area (TPSA) is 31.4 Å². The SMILES string of the molecule is Brc1ccc(OCCOc2cnc3ccccc3c2)cc1. The van der Waals surface area contributed by atoms with Gasteiger partial charge in [-0.25, -0.2) is 0 Å². The van der Waals surface area contributed by atoms with Gasteiger partial charge < -0.3 is 9.47 Å². The summed E-state index contributed by atoms with van der Waals surface area (Å²) in [7, 11) is 0. The number of hydrogen-bond donors (Lipinski definition) is 0. The first-order chi connectivity index (χ1) is 10.3. The number of halogens is 1. The number of ether oxygens (including phenoxy) is 2. The third kappa shape index (κ3) is 3.73. The van der Waals surface area contributed by atoms with Crippen molar-refractivity contribution in [2.24, 2.45) is 0 Å². The number of hydrogen-bond acceptors (Lipinski definition) is 3. The maximum atomic E-state index is 5.66. The van der Waals surface area contributed by atoms with Gasteiger partial charge in [-0.1, -0.05) is 34.1 Å². The van der Waals surface area contributed by atoms with E-state index in [4.69, 9.17) is 9.47 Å². The molecule has 0 atom stereocenters. The van der Waals surface area contributed by atoms with E-state index < -0.39 is 0 Å². The maximum absolute atomic E-state index is 5.66. The molecule has 0 bridgehead atoms. The van der Waals surface area contributed by atoms with Crippen LogP contribution in [0.1, 0.15) is 0 Å². The standard InChI is InChI=1S/C17H14BrNO2/c18-14-5-7-15(8-6-14)20-9-10-21-16-11-13-3-1-2-4-17(13)19-12-16/h1-8,11-12H,9-10H2. The second-order valence-corrected chi connectivity index (χ2v) is 5.43. The van der Waals surface area contributed by atoms with Crippen molar-refractivity contribution in [1.29, 1.82) is 0 Å². The Hall–Kier alpha value is -2.07. The molecular formula is C17H14BrNO2. The third-order valence-electron chi connectivity index (χ3n) is 3.00. The number of fused-ring (bicyclic) bond motifs is 1. The van der Waals surface area contributed by atoms with Crippen molar-refractivity contribution in [1.82, 2.24) is 4.98 Å². The number of pyridine rings is 1. The number of nitrogens with zero attached hydrogens (tertiary/aromatic N) is 1. The van der Waals surface area contributed by atoms with Crippen LogP contribution in [0.5, 0.6) is 11.5 Å². The average Bonchev–Trinajstić information content (AvgIpc) is 2.53. The molecule has 3 nitrogen and oxygen atoms in total. The lowest BCUT2D eigenvalue weighted by atomic mass is 10.2. The van der Waals surface area contributed by atoms with Crippen LogP contribution < -0.4 is 9.47 Å².